The second-order valence-electron chi connectivity index (χ2n) is 11.3. The zero-order valence-corrected chi connectivity index (χ0v) is 22.0. The van der Waals surface area contributed by atoms with Crippen LogP contribution in [0.2, 0.25) is 0 Å². The Balaban J connectivity index is 1.05. The number of piperidine rings is 1. The molecular formula is C29H39N7O. The van der Waals surface area contributed by atoms with Crippen LogP contribution < -0.4 is 10.2 Å². The van der Waals surface area contributed by atoms with Gasteiger partial charge >= 0.3 is 0 Å². The summed E-state index contributed by atoms with van der Waals surface area (Å²) in [6.07, 6.45) is 9.35. The monoisotopic (exact) mass is 501 g/mol. The lowest BCUT2D eigenvalue weighted by Crippen LogP contribution is -2.44. The molecule has 0 radical (unpaired) electrons. The highest BCUT2D eigenvalue weighted by Gasteiger charge is 2.30. The quantitative estimate of drug-likeness (QED) is 0.555. The average Bonchev–Trinajstić information content (AvgIpc) is 3.44. The van der Waals surface area contributed by atoms with Crippen LogP contribution in [0.4, 0.5) is 5.82 Å². The number of anilines is 1. The molecule has 0 aliphatic carbocycles. The van der Waals surface area contributed by atoms with Gasteiger partial charge in [0.1, 0.15) is 12.2 Å². The highest BCUT2D eigenvalue weighted by atomic mass is 16.1. The van der Waals surface area contributed by atoms with Crippen molar-refractivity contribution in [2.75, 3.05) is 37.6 Å². The van der Waals surface area contributed by atoms with Gasteiger partial charge in [-0.15, -0.1) is 0 Å². The predicted octanol–water partition coefficient (Wildman–Crippen LogP) is 3.72. The number of aryl methyl sites for hydroxylation is 3. The van der Waals surface area contributed by atoms with E-state index < -0.39 is 0 Å². The van der Waals surface area contributed by atoms with E-state index in [4.69, 9.17) is 4.98 Å². The number of carbonyl (C=O) groups excluding carboxylic acids is 1. The van der Waals surface area contributed by atoms with Gasteiger partial charge in [-0.25, -0.2) is 15.0 Å². The minimum Gasteiger partial charge on any atom is -0.355 e. The van der Waals surface area contributed by atoms with Gasteiger partial charge in [0.15, 0.2) is 17.0 Å². The number of hydrogen-bond acceptors (Lipinski definition) is 6. The molecule has 196 valence electrons. The smallest absolute Gasteiger partial charge is 0.224 e. The molecule has 37 heavy (non-hydrogen) atoms. The number of nitrogens with zero attached hydrogens (tertiary/aromatic N) is 6. The first-order valence-corrected chi connectivity index (χ1v) is 14.1. The number of likely N-dealkylation sites (tertiary alicyclic amines) is 1. The van der Waals surface area contributed by atoms with Crippen LogP contribution >= 0.6 is 0 Å². The van der Waals surface area contributed by atoms with Gasteiger partial charge in [0.05, 0.1) is 5.92 Å². The number of nitrogens with one attached hydrogen (secondary N) is 1. The van der Waals surface area contributed by atoms with Crippen molar-refractivity contribution < 1.29 is 4.79 Å². The molecule has 0 bridgehead atoms. The van der Waals surface area contributed by atoms with Gasteiger partial charge in [-0.1, -0.05) is 36.2 Å². The second kappa shape index (κ2) is 10.8. The topological polar surface area (TPSA) is 79.2 Å². The fourth-order valence-corrected chi connectivity index (χ4v) is 6.30. The highest BCUT2D eigenvalue weighted by Crippen LogP contribution is 2.29. The summed E-state index contributed by atoms with van der Waals surface area (Å²) in [7, 11) is 0. The van der Waals surface area contributed by atoms with E-state index in [9.17, 15) is 4.79 Å². The van der Waals surface area contributed by atoms with Crippen molar-refractivity contribution in [1.82, 2.24) is 29.7 Å². The van der Waals surface area contributed by atoms with Crippen molar-refractivity contribution in [2.24, 2.45) is 11.8 Å². The second-order valence-corrected chi connectivity index (χ2v) is 11.3. The normalized spacial score (nSPS) is 22.7. The molecule has 2 atom stereocenters. The molecule has 3 aliphatic rings. The van der Waals surface area contributed by atoms with Crippen molar-refractivity contribution >= 4 is 22.9 Å². The minimum absolute atomic E-state index is 0.00994. The van der Waals surface area contributed by atoms with Gasteiger partial charge < -0.3 is 14.8 Å². The predicted molar refractivity (Wildman–Crippen MR) is 145 cm³/mol. The number of carbonyl (C=O) groups is 1. The third-order valence-corrected chi connectivity index (χ3v) is 8.43. The van der Waals surface area contributed by atoms with Crippen LogP contribution in [-0.2, 0) is 24.3 Å². The molecule has 0 spiro atoms. The molecule has 6 rings (SSSR count). The number of benzene rings is 1. The average molecular weight is 502 g/mol. The Morgan fingerprint density at radius 1 is 1.00 bits per heavy atom. The van der Waals surface area contributed by atoms with Gasteiger partial charge in [0.25, 0.3) is 0 Å². The number of amides is 1. The molecule has 1 N–H and O–H groups in total. The summed E-state index contributed by atoms with van der Waals surface area (Å²) in [5.74, 6) is 2.73. The van der Waals surface area contributed by atoms with Crippen molar-refractivity contribution in [3.8, 4) is 0 Å². The van der Waals surface area contributed by atoms with Gasteiger partial charge in [0.2, 0.25) is 5.91 Å². The summed E-state index contributed by atoms with van der Waals surface area (Å²) in [5, 5.41) is 3.30. The Hall–Kier alpha value is -3.00. The Morgan fingerprint density at radius 2 is 1.89 bits per heavy atom. The Bertz CT molecular complexity index is 1240. The molecule has 8 nitrogen and oxygen atoms in total. The summed E-state index contributed by atoms with van der Waals surface area (Å²) in [6.45, 7) is 8.64. The Labute approximate surface area is 219 Å². The maximum absolute atomic E-state index is 13.2. The van der Waals surface area contributed by atoms with Gasteiger partial charge in [-0.05, 0) is 57.1 Å². The largest absolute Gasteiger partial charge is 0.355 e. The van der Waals surface area contributed by atoms with Crippen molar-refractivity contribution in [1.29, 1.82) is 0 Å². The van der Waals surface area contributed by atoms with Crippen LogP contribution in [0.1, 0.15) is 55.5 Å². The van der Waals surface area contributed by atoms with E-state index in [0.717, 1.165) is 87.8 Å². The first-order chi connectivity index (χ1) is 18.1. The van der Waals surface area contributed by atoms with Gasteiger partial charge in [0, 0.05) is 45.7 Å². The molecular weight excluding hydrogens is 462 g/mol. The molecule has 0 saturated carbocycles. The lowest BCUT2D eigenvalue weighted by atomic mass is 9.96. The number of imidazole rings is 1. The maximum atomic E-state index is 13.2. The van der Waals surface area contributed by atoms with E-state index in [-0.39, 0.29) is 11.8 Å². The molecule has 2 fully saturated rings. The van der Waals surface area contributed by atoms with Crippen LogP contribution in [0.3, 0.4) is 0 Å². The zero-order valence-electron chi connectivity index (χ0n) is 22.0. The van der Waals surface area contributed by atoms with E-state index >= 15 is 0 Å². The molecule has 2 unspecified atom stereocenters. The van der Waals surface area contributed by atoms with Crippen LogP contribution in [0, 0.1) is 18.8 Å². The third kappa shape index (κ3) is 5.35. The van der Waals surface area contributed by atoms with Crippen LogP contribution in [0.15, 0.2) is 30.6 Å². The first-order valence-electron chi connectivity index (χ1n) is 14.1. The number of rotatable bonds is 6. The Kier molecular flexibility index (Phi) is 7.09. The fourth-order valence-electron chi connectivity index (χ4n) is 6.30. The van der Waals surface area contributed by atoms with E-state index in [1.807, 2.05) is 0 Å². The van der Waals surface area contributed by atoms with E-state index in [1.165, 1.54) is 30.4 Å². The van der Waals surface area contributed by atoms with E-state index in [1.54, 1.807) is 6.33 Å². The molecule has 5 heterocycles. The summed E-state index contributed by atoms with van der Waals surface area (Å²) in [6, 6.07) is 8.83. The number of aromatic nitrogens is 4. The van der Waals surface area contributed by atoms with E-state index in [2.05, 4.69) is 60.8 Å². The third-order valence-electron chi connectivity index (χ3n) is 8.43. The molecule has 3 aromatic rings. The lowest BCUT2D eigenvalue weighted by molar-refractivity contribution is -0.125. The molecule has 2 aromatic heterocycles. The fraction of sp³-hybridized carbons (Fsp3) is 0.586. The van der Waals surface area contributed by atoms with Crippen LogP contribution in [0.5, 0.6) is 0 Å². The SMILES string of the molecule is Cc1ccc(CN2CCC(CNC(=O)C3CCCN(c4ncnc5c4nc4n5CCCCC4)C3)C2)cc1. The highest BCUT2D eigenvalue weighted by molar-refractivity contribution is 5.85. The number of hydrogen-bond donors (Lipinski definition) is 1. The molecule has 8 heteroatoms. The van der Waals surface area contributed by atoms with Crippen molar-refractivity contribution in [3.05, 3.63) is 47.5 Å². The van der Waals surface area contributed by atoms with Crippen LogP contribution in [0.25, 0.3) is 11.2 Å². The summed E-state index contributed by atoms with van der Waals surface area (Å²) >= 11 is 0. The summed E-state index contributed by atoms with van der Waals surface area (Å²) in [5.41, 5.74) is 4.52. The standard InChI is InChI=1S/C29H39N7O/c1-21-8-10-22(11-9-21)17-34-15-12-23(18-34)16-30-29(37)24-6-5-13-35(19-24)27-26-28(32-20-31-27)36-14-4-2-3-7-25(36)33-26/h8-11,20,23-24H,2-7,12-19H2,1H3,(H,30,37). The van der Waals surface area contributed by atoms with Crippen molar-refractivity contribution in [3.63, 3.8) is 0 Å². The van der Waals surface area contributed by atoms with Crippen LogP contribution in [-0.4, -0.2) is 63.0 Å². The Morgan fingerprint density at radius 3 is 2.78 bits per heavy atom. The molecule has 1 amide bonds. The molecule has 3 aliphatic heterocycles. The maximum Gasteiger partial charge on any atom is 0.224 e. The summed E-state index contributed by atoms with van der Waals surface area (Å²) < 4.78 is 2.28. The first kappa shape index (κ1) is 24.3. The minimum atomic E-state index is -0.00994. The molecule has 2 saturated heterocycles. The number of fused-ring (bicyclic) bond motifs is 3. The van der Waals surface area contributed by atoms with Gasteiger partial charge in [-0.2, -0.15) is 0 Å². The molecule has 1 aromatic carbocycles. The summed E-state index contributed by atoms with van der Waals surface area (Å²) in [4.78, 5) is 32.2. The van der Waals surface area contributed by atoms with E-state index in [0.29, 0.717) is 12.5 Å². The zero-order chi connectivity index (χ0) is 25.2. The lowest BCUT2D eigenvalue weighted by Gasteiger charge is -2.33. The van der Waals surface area contributed by atoms with Gasteiger partial charge in [-0.3, -0.25) is 9.69 Å². The van der Waals surface area contributed by atoms with Crippen molar-refractivity contribution in [2.45, 2.75) is 65.0 Å².